The molecule has 0 N–H and O–H groups in total. The maximum Gasteiger partial charge on any atom is 0.0375 e. The second kappa shape index (κ2) is 4.50. The van der Waals surface area contributed by atoms with Crippen molar-refractivity contribution in [2.75, 3.05) is 0 Å². The van der Waals surface area contributed by atoms with E-state index < -0.39 is 0 Å². The van der Waals surface area contributed by atoms with E-state index >= 15 is 0 Å². The number of benzene rings is 1. The summed E-state index contributed by atoms with van der Waals surface area (Å²) in [5.41, 5.74) is 4.38. The molecule has 1 aromatic heterocycles. The molecule has 3 rings (SSSR count). The Bertz CT molecular complexity index is 548. The topological polar surface area (TPSA) is 0 Å². The van der Waals surface area contributed by atoms with Gasteiger partial charge in [0.2, 0.25) is 0 Å². The molecular formula is C16H16S. The fraction of sp³-hybridized carbons (Fsp3) is 0.250. The SMILES string of the molecule is CCCc1ccsc1C1C=Cc2ccccc21. The number of rotatable bonds is 3. The predicted octanol–water partition coefficient (Wildman–Crippen LogP) is 4.86. The molecule has 1 unspecified atom stereocenters. The summed E-state index contributed by atoms with van der Waals surface area (Å²) < 4.78 is 0. The molecule has 1 aliphatic rings. The van der Waals surface area contributed by atoms with Crippen LogP contribution in [0.5, 0.6) is 0 Å². The number of fused-ring (bicyclic) bond motifs is 1. The van der Waals surface area contributed by atoms with Gasteiger partial charge in [-0.1, -0.05) is 49.8 Å². The molecule has 17 heavy (non-hydrogen) atoms. The van der Waals surface area contributed by atoms with Crippen LogP contribution in [0.3, 0.4) is 0 Å². The summed E-state index contributed by atoms with van der Waals surface area (Å²) >= 11 is 1.90. The van der Waals surface area contributed by atoms with Crippen LogP contribution in [0.25, 0.3) is 6.08 Å². The molecule has 0 radical (unpaired) electrons. The quantitative estimate of drug-likeness (QED) is 0.718. The normalized spacial score (nSPS) is 17.4. The average molecular weight is 240 g/mol. The number of aryl methyl sites for hydroxylation is 1. The van der Waals surface area contributed by atoms with Crippen molar-refractivity contribution in [1.82, 2.24) is 0 Å². The Labute approximate surface area is 107 Å². The van der Waals surface area contributed by atoms with Gasteiger partial charge in [0.15, 0.2) is 0 Å². The Balaban J connectivity index is 2.01. The van der Waals surface area contributed by atoms with Crippen molar-refractivity contribution in [1.29, 1.82) is 0 Å². The van der Waals surface area contributed by atoms with Crippen LogP contribution < -0.4 is 0 Å². The molecule has 0 spiro atoms. The predicted molar refractivity (Wildman–Crippen MR) is 75.6 cm³/mol. The first-order valence-electron chi connectivity index (χ1n) is 6.23. The van der Waals surface area contributed by atoms with E-state index in [0.29, 0.717) is 5.92 Å². The molecular weight excluding hydrogens is 224 g/mol. The summed E-state index contributed by atoms with van der Waals surface area (Å²) in [5.74, 6) is 0.493. The van der Waals surface area contributed by atoms with E-state index in [1.54, 1.807) is 0 Å². The molecule has 86 valence electrons. The molecule has 2 aromatic rings. The first-order chi connectivity index (χ1) is 8.40. The summed E-state index contributed by atoms with van der Waals surface area (Å²) in [6.07, 6.45) is 7.03. The highest BCUT2D eigenvalue weighted by Crippen LogP contribution is 2.39. The molecule has 1 atom stereocenters. The molecule has 1 heteroatoms. The van der Waals surface area contributed by atoms with Crippen LogP contribution >= 0.6 is 11.3 Å². The van der Waals surface area contributed by atoms with Crippen molar-refractivity contribution < 1.29 is 0 Å². The Morgan fingerprint density at radius 3 is 2.94 bits per heavy atom. The van der Waals surface area contributed by atoms with Crippen LogP contribution in [0.4, 0.5) is 0 Å². The first-order valence-corrected chi connectivity index (χ1v) is 7.11. The van der Waals surface area contributed by atoms with Crippen molar-refractivity contribution in [2.24, 2.45) is 0 Å². The minimum Gasteiger partial charge on any atom is -0.148 e. The lowest BCUT2D eigenvalue weighted by Gasteiger charge is -2.11. The van der Waals surface area contributed by atoms with Crippen LogP contribution in [-0.4, -0.2) is 0 Å². The maximum absolute atomic E-state index is 2.34. The van der Waals surface area contributed by atoms with Gasteiger partial charge in [-0.3, -0.25) is 0 Å². The molecule has 0 fully saturated rings. The third-order valence-corrected chi connectivity index (χ3v) is 4.42. The average Bonchev–Trinajstić information content (AvgIpc) is 2.95. The second-order valence-electron chi connectivity index (χ2n) is 4.53. The van der Waals surface area contributed by atoms with E-state index in [0.717, 1.165) is 0 Å². The summed E-state index contributed by atoms with van der Waals surface area (Å²) in [6, 6.07) is 11.0. The Morgan fingerprint density at radius 1 is 1.18 bits per heavy atom. The third-order valence-electron chi connectivity index (χ3n) is 3.38. The lowest BCUT2D eigenvalue weighted by Crippen LogP contribution is -1.96. The van der Waals surface area contributed by atoms with Crippen LogP contribution in [0.2, 0.25) is 0 Å². The van der Waals surface area contributed by atoms with Crippen molar-refractivity contribution in [3.05, 3.63) is 63.4 Å². The highest BCUT2D eigenvalue weighted by molar-refractivity contribution is 7.10. The second-order valence-corrected chi connectivity index (χ2v) is 5.47. The fourth-order valence-corrected chi connectivity index (χ4v) is 3.63. The van der Waals surface area contributed by atoms with Crippen LogP contribution in [-0.2, 0) is 6.42 Å². The van der Waals surface area contributed by atoms with Crippen molar-refractivity contribution in [3.8, 4) is 0 Å². The number of hydrogen-bond donors (Lipinski definition) is 0. The van der Waals surface area contributed by atoms with E-state index in [9.17, 15) is 0 Å². The van der Waals surface area contributed by atoms with Crippen LogP contribution in [0.15, 0.2) is 41.8 Å². The Hall–Kier alpha value is -1.34. The van der Waals surface area contributed by atoms with Crippen molar-refractivity contribution in [2.45, 2.75) is 25.7 Å². The third kappa shape index (κ3) is 1.85. The van der Waals surface area contributed by atoms with Crippen LogP contribution in [0.1, 0.15) is 40.8 Å². The van der Waals surface area contributed by atoms with Crippen molar-refractivity contribution in [3.63, 3.8) is 0 Å². The van der Waals surface area contributed by atoms with E-state index in [1.165, 1.54) is 34.4 Å². The van der Waals surface area contributed by atoms with Crippen molar-refractivity contribution >= 4 is 17.4 Å². The fourth-order valence-electron chi connectivity index (χ4n) is 2.57. The molecule has 0 saturated carbocycles. The van der Waals surface area contributed by atoms with Gasteiger partial charge >= 0.3 is 0 Å². The zero-order valence-electron chi connectivity index (χ0n) is 10.0. The highest BCUT2D eigenvalue weighted by Gasteiger charge is 2.21. The van der Waals surface area contributed by atoms with Gasteiger partial charge in [-0.2, -0.15) is 0 Å². The summed E-state index contributed by atoms with van der Waals surface area (Å²) in [7, 11) is 0. The zero-order chi connectivity index (χ0) is 11.7. The molecule has 1 heterocycles. The number of allylic oxidation sites excluding steroid dienone is 1. The van der Waals surface area contributed by atoms with Gasteiger partial charge in [0.1, 0.15) is 0 Å². The maximum atomic E-state index is 2.34. The summed E-state index contributed by atoms with van der Waals surface area (Å²) in [6.45, 7) is 2.25. The van der Waals surface area contributed by atoms with E-state index in [-0.39, 0.29) is 0 Å². The summed E-state index contributed by atoms with van der Waals surface area (Å²) in [5, 5.41) is 2.23. The largest absolute Gasteiger partial charge is 0.148 e. The molecule has 0 saturated heterocycles. The van der Waals surface area contributed by atoms with Gasteiger partial charge in [-0.15, -0.1) is 11.3 Å². The minimum absolute atomic E-state index is 0.493. The first kappa shape index (κ1) is 10.8. The lowest BCUT2D eigenvalue weighted by molar-refractivity contribution is 0.902. The standard InChI is InChI=1S/C16H16S/c1-2-5-13-10-11-17-16(13)15-9-8-12-6-3-4-7-14(12)15/h3-4,6-11,15H,2,5H2,1H3. The van der Waals surface area contributed by atoms with E-state index in [2.05, 4.69) is 54.8 Å². The summed E-state index contributed by atoms with van der Waals surface area (Å²) in [4.78, 5) is 1.54. The monoisotopic (exact) mass is 240 g/mol. The lowest BCUT2D eigenvalue weighted by atomic mass is 9.95. The Kier molecular flexibility index (Phi) is 2.86. The molecule has 0 amide bonds. The highest BCUT2D eigenvalue weighted by atomic mass is 32.1. The van der Waals surface area contributed by atoms with E-state index in [1.807, 2.05) is 11.3 Å². The number of thiophene rings is 1. The molecule has 1 aromatic carbocycles. The molecule has 1 aliphatic carbocycles. The van der Waals surface area contributed by atoms with Gasteiger partial charge in [-0.25, -0.2) is 0 Å². The minimum atomic E-state index is 0.493. The Morgan fingerprint density at radius 2 is 2.06 bits per heavy atom. The molecule has 0 nitrogen and oxygen atoms in total. The zero-order valence-corrected chi connectivity index (χ0v) is 10.8. The van der Waals surface area contributed by atoms with E-state index in [4.69, 9.17) is 0 Å². The van der Waals surface area contributed by atoms with Gasteiger partial charge < -0.3 is 0 Å². The van der Waals surface area contributed by atoms with Gasteiger partial charge in [0.05, 0.1) is 0 Å². The smallest absolute Gasteiger partial charge is 0.0375 e. The molecule has 0 bridgehead atoms. The van der Waals surface area contributed by atoms with Gasteiger partial charge in [0, 0.05) is 10.8 Å². The van der Waals surface area contributed by atoms with Crippen LogP contribution in [0, 0.1) is 0 Å². The molecule has 0 aliphatic heterocycles. The number of hydrogen-bond acceptors (Lipinski definition) is 1. The van der Waals surface area contributed by atoms with Gasteiger partial charge in [0.25, 0.3) is 0 Å². The van der Waals surface area contributed by atoms with Gasteiger partial charge in [-0.05, 0) is 34.6 Å².